The Labute approximate surface area is 205 Å². The molecule has 0 radical (unpaired) electrons. The molecule has 0 aromatic heterocycles. The van der Waals surface area contributed by atoms with Gasteiger partial charge in [-0.2, -0.15) is 0 Å². The van der Waals surface area contributed by atoms with Crippen LogP contribution in [-0.2, 0) is 22.6 Å². The minimum absolute atomic E-state index is 0.0205. The van der Waals surface area contributed by atoms with Gasteiger partial charge in [0, 0.05) is 28.9 Å². The van der Waals surface area contributed by atoms with E-state index in [1.54, 1.807) is 4.90 Å². The molecule has 0 aliphatic carbocycles. The van der Waals surface area contributed by atoms with Gasteiger partial charge in [0.05, 0.1) is 5.75 Å². The lowest BCUT2D eigenvalue weighted by Gasteiger charge is -2.32. The van der Waals surface area contributed by atoms with Crippen LogP contribution in [0.15, 0.2) is 89.8 Å². The van der Waals surface area contributed by atoms with Crippen molar-refractivity contribution in [2.75, 3.05) is 5.75 Å². The number of nitrogens with zero attached hydrogens (tertiary/aromatic N) is 1. The number of benzene rings is 3. The van der Waals surface area contributed by atoms with Gasteiger partial charge < -0.3 is 10.2 Å². The molecule has 3 aromatic rings. The third-order valence-corrected chi connectivity index (χ3v) is 6.32. The predicted molar refractivity (Wildman–Crippen MR) is 136 cm³/mol. The van der Waals surface area contributed by atoms with Gasteiger partial charge in [-0.25, -0.2) is 0 Å². The molecule has 0 aliphatic rings. The van der Waals surface area contributed by atoms with Gasteiger partial charge in [0.25, 0.3) is 0 Å². The Morgan fingerprint density at radius 1 is 0.879 bits per heavy atom. The van der Waals surface area contributed by atoms with Crippen LogP contribution >= 0.6 is 23.4 Å². The molecule has 0 bridgehead atoms. The topological polar surface area (TPSA) is 49.4 Å². The Morgan fingerprint density at radius 3 is 2.03 bits per heavy atom. The van der Waals surface area contributed by atoms with E-state index in [0.29, 0.717) is 18.0 Å². The van der Waals surface area contributed by atoms with Crippen molar-refractivity contribution in [2.45, 2.75) is 43.8 Å². The number of thioether (sulfide) groups is 1. The number of carbonyl (C=O) groups excluding carboxylic acids is 2. The molecule has 3 rings (SSSR count). The van der Waals surface area contributed by atoms with E-state index in [9.17, 15) is 9.59 Å². The van der Waals surface area contributed by atoms with Gasteiger partial charge in [0.2, 0.25) is 11.8 Å². The molecule has 0 spiro atoms. The van der Waals surface area contributed by atoms with Crippen LogP contribution in [-0.4, -0.2) is 34.6 Å². The van der Waals surface area contributed by atoms with Crippen LogP contribution in [0.3, 0.4) is 0 Å². The Balaban J connectivity index is 1.87. The number of nitrogens with one attached hydrogen (secondary N) is 1. The highest BCUT2D eigenvalue weighted by molar-refractivity contribution is 8.00. The Bertz CT molecular complexity index is 1030. The minimum atomic E-state index is -0.617. The van der Waals surface area contributed by atoms with Gasteiger partial charge >= 0.3 is 0 Å². The van der Waals surface area contributed by atoms with E-state index in [4.69, 9.17) is 11.6 Å². The Morgan fingerprint density at radius 2 is 1.45 bits per heavy atom. The van der Waals surface area contributed by atoms with Crippen LogP contribution in [0, 0.1) is 0 Å². The molecule has 6 heteroatoms. The molecule has 4 nitrogen and oxygen atoms in total. The Kier molecular flexibility index (Phi) is 9.40. The molecule has 1 atom stereocenters. The number of carbonyl (C=O) groups is 2. The van der Waals surface area contributed by atoms with Crippen LogP contribution in [0.2, 0.25) is 5.02 Å². The molecule has 0 saturated carbocycles. The molecular weight excluding hydrogens is 452 g/mol. The van der Waals surface area contributed by atoms with E-state index in [0.717, 1.165) is 16.0 Å². The van der Waals surface area contributed by atoms with Gasteiger partial charge in [-0.3, -0.25) is 9.59 Å². The van der Waals surface area contributed by atoms with Crippen molar-refractivity contribution in [3.63, 3.8) is 0 Å². The summed E-state index contributed by atoms with van der Waals surface area (Å²) < 4.78 is 0. The maximum atomic E-state index is 13.5. The van der Waals surface area contributed by atoms with Crippen molar-refractivity contribution in [1.82, 2.24) is 10.2 Å². The number of amides is 2. The van der Waals surface area contributed by atoms with E-state index in [1.165, 1.54) is 11.8 Å². The van der Waals surface area contributed by atoms with E-state index < -0.39 is 6.04 Å². The second kappa shape index (κ2) is 12.5. The van der Waals surface area contributed by atoms with Crippen molar-refractivity contribution in [3.05, 3.63) is 101 Å². The van der Waals surface area contributed by atoms with Crippen LogP contribution in [0.25, 0.3) is 0 Å². The normalized spacial score (nSPS) is 11.8. The van der Waals surface area contributed by atoms with Crippen molar-refractivity contribution < 1.29 is 9.59 Å². The summed E-state index contributed by atoms with van der Waals surface area (Å²) in [5, 5.41) is 3.67. The molecule has 2 amide bonds. The summed E-state index contributed by atoms with van der Waals surface area (Å²) in [6, 6.07) is 26.4. The first-order chi connectivity index (χ1) is 15.9. The van der Waals surface area contributed by atoms with E-state index >= 15 is 0 Å². The fraction of sp³-hybridized carbons (Fsp3) is 0.259. The standard InChI is InChI=1S/C27H29ClN2O2S/c1-20(2)29-27(32)25(17-21-9-5-3-6-10-21)30(18-22-11-7-4-8-12-22)26(31)19-33-24-15-13-23(28)14-16-24/h3-16,20,25H,17-19H2,1-2H3,(H,29,32)/t25-/m1/s1. The lowest BCUT2D eigenvalue weighted by atomic mass is 10.0. The van der Waals surface area contributed by atoms with Gasteiger partial charge in [-0.1, -0.05) is 72.3 Å². The summed E-state index contributed by atoms with van der Waals surface area (Å²) in [6.07, 6.45) is 0.448. The summed E-state index contributed by atoms with van der Waals surface area (Å²) in [4.78, 5) is 29.5. The summed E-state index contributed by atoms with van der Waals surface area (Å²) in [7, 11) is 0. The van der Waals surface area contributed by atoms with E-state index in [2.05, 4.69) is 5.32 Å². The van der Waals surface area contributed by atoms with Gasteiger partial charge in [0.15, 0.2) is 0 Å². The first-order valence-electron chi connectivity index (χ1n) is 11.0. The lowest BCUT2D eigenvalue weighted by Crippen LogP contribution is -2.52. The Hall–Kier alpha value is -2.76. The molecule has 0 saturated heterocycles. The molecule has 1 N–H and O–H groups in total. The summed E-state index contributed by atoms with van der Waals surface area (Å²) in [5.41, 5.74) is 2.00. The summed E-state index contributed by atoms with van der Waals surface area (Å²) in [6.45, 7) is 4.22. The summed E-state index contributed by atoms with van der Waals surface area (Å²) >= 11 is 7.43. The largest absolute Gasteiger partial charge is 0.352 e. The maximum absolute atomic E-state index is 13.5. The zero-order valence-electron chi connectivity index (χ0n) is 18.9. The number of halogens is 1. The average Bonchev–Trinajstić information content (AvgIpc) is 2.81. The lowest BCUT2D eigenvalue weighted by molar-refractivity contribution is -0.139. The molecular formula is C27H29ClN2O2S. The van der Waals surface area contributed by atoms with Gasteiger partial charge in [-0.15, -0.1) is 11.8 Å². The van der Waals surface area contributed by atoms with Crippen molar-refractivity contribution in [1.29, 1.82) is 0 Å². The van der Waals surface area contributed by atoms with Crippen molar-refractivity contribution in [2.24, 2.45) is 0 Å². The molecule has 0 heterocycles. The molecule has 172 valence electrons. The fourth-order valence-electron chi connectivity index (χ4n) is 3.47. The minimum Gasteiger partial charge on any atom is -0.352 e. The smallest absolute Gasteiger partial charge is 0.243 e. The highest BCUT2D eigenvalue weighted by Gasteiger charge is 2.30. The van der Waals surface area contributed by atoms with Gasteiger partial charge in [0.1, 0.15) is 6.04 Å². The van der Waals surface area contributed by atoms with Crippen LogP contribution in [0.1, 0.15) is 25.0 Å². The third kappa shape index (κ3) is 7.95. The number of rotatable bonds is 10. The maximum Gasteiger partial charge on any atom is 0.243 e. The van der Waals surface area contributed by atoms with Crippen molar-refractivity contribution >= 4 is 35.2 Å². The quantitative estimate of drug-likeness (QED) is 0.384. The summed E-state index contributed by atoms with van der Waals surface area (Å²) in [5.74, 6) is 0.00241. The highest BCUT2D eigenvalue weighted by atomic mass is 35.5. The molecule has 33 heavy (non-hydrogen) atoms. The first-order valence-corrected chi connectivity index (χ1v) is 12.3. The van der Waals surface area contributed by atoms with Crippen LogP contribution in [0.5, 0.6) is 0 Å². The average molecular weight is 481 g/mol. The molecule has 3 aromatic carbocycles. The third-order valence-electron chi connectivity index (χ3n) is 5.07. The van der Waals surface area contributed by atoms with Gasteiger partial charge in [-0.05, 0) is 49.2 Å². The zero-order valence-corrected chi connectivity index (χ0v) is 20.5. The SMILES string of the molecule is CC(C)NC(=O)[C@@H](Cc1ccccc1)N(Cc1ccccc1)C(=O)CSc1ccc(Cl)cc1. The fourth-order valence-corrected chi connectivity index (χ4v) is 4.38. The molecule has 0 unspecified atom stereocenters. The zero-order chi connectivity index (χ0) is 23.6. The first kappa shape index (κ1) is 24.9. The monoisotopic (exact) mass is 480 g/mol. The highest BCUT2D eigenvalue weighted by Crippen LogP contribution is 2.22. The predicted octanol–water partition coefficient (Wildman–Crippen LogP) is 5.60. The van der Waals surface area contributed by atoms with Crippen molar-refractivity contribution in [3.8, 4) is 0 Å². The van der Waals surface area contributed by atoms with Crippen LogP contribution < -0.4 is 5.32 Å². The second-order valence-corrected chi connectivity index (χ2v) is 9.60. The van der Waals surface area contributed by atoms with Crippen LogP contribution in [0.4, 0.5) is 0 Å². The second-order valence-electron chi connectivity index (χ2n) is 8.12. The number of hydrogen-bond donors (Lipinski definition) is 1. The number of hydrogen-bond acceptors (Lipinski definition) is 3. The van der Waals surface area contributed by atoms with E-state index in [1.807, 2.05) is 98.8 Å². The molecule has 0 fully saturated rings. The van der Waals surface area contributed by atoms with E-state index in [-0.39, 0.29) is 23.6 Å². The molecule has 0 aliphatic heterocycles.